The van der Waals surface area contributed by atoms with E-state index in [0.29, 0.717) is 24.5 Å². The van der Waals surface area contributed by atoms with Crippen molar-refractivity contribution in [3.63, 3.8) is 0 Å². The van der Waals surface area contributed by atoms with Crippen molar-refractivity contribution >= 4 is 11.9 Å². The lowest BCUT2D eigenvalue weighted by Crippen LogP contribution is -2.33. The molecule has 2 aromatic carbocycles. The summed E-state index contributed by atoms with van der Waals surface area (Å²) < 4.78 is 11.0. The zero-order valence-corrected chi connectivity index (χ0v) is 14.7. The van der Waals surface area contributed by atoms with Crippen molar-refractivity contribution in [1.82, 2.24) is 5.32 Å². The lowest BCUT2D eigenvalue weighted by molar-refractivity contribution is -0.137. The third-order valence-corrected chi connectivity index (χ3v) is 3.69. The van der Waals surface area contributed by atoms with Gasteiger partial charge in [-0.2, -0.15) is 0 Å². The highest BCUT2D eigenvalue weighted by molar-refractivity contribution is 5.78. The number of carboxylic acid groups (broad SMARTS) is 1. The highest BCUT2D eigenvalue weighted by Crippen LogP contribution is 2.26. The van der Waals surface area contributed by atoms with Crippen LogP contribution >= 0.6 is 0 Å². The number of para-hydroxylation sites is 2. The van der Waals surface area contributed by atoms with Gasteiger partial charge in [-0.15, -0.1) is 0 Å². The van der Waals surface area contributed by atoms with Crippen LogP contribution in [0.3, 0.4) is 0 Å². The number of ether oxygens (including phenoxy) is 2. The molecule has 0 aliphatic heterocycles. The predicted octanol–water partition coefficient (Wildman–Crippen LogP) is 3.19. The molecule has 2 rings (SSSR count). The van der Waals surface area contributed by atoms with E-state index in [-0.39, 0.29) is 25.0 Å². The van der Waals surface area contributed by atoms with Gasteiger partial charge >= 0.3 is 5.97 Å². The van der Waals surface area contributed by atoms with Crippen LogP contribution < -0.4 is 14.8 Å². The van der Waals surface area contributed by atoms with Crippen LogP contribution in [0.2, 0.25) is 0 Å². The molecule has 6 nitrogen and oxygen atoms in total. The van der Waals surface area contributed by atoms with Gasteiger partial charge in [0.1, 0.15) is 0 Å². The Labute approximate surface area is 152 Å². The third kappa shape index (κ3) is 6.12. The Balaban J connectivity index is 1.97. The van der Waals surface area contributed by atoms with Gasteiger partial charge in [-0.1, -0.05) is 42.5 Å². The second-order valence-corrected chi connectivity index (χ2v) is 5.63. The normalized spacial score (nSPS) is 11.4. The number of rotatable bonds is 10. The fourth-order valence-electron chi connectivity index (χ4n) is 2.50. The number of amides is 1. The fraction of sp³-hybridized carbons (Fsp3) is 0.300. The van der Waals surface area contributed by atoms with Crippen molar-refractivity contribution in [2.45, 2.75) is 25.8 Å². The van der Waals surface area contributed by atoms with Crippen LogP contribution in [0.5, 0.6) is 11.5 Å². The smallest absolute Gasteiger partial charge is 0.303 e. The minimum Gasteiger partial charge on any atom is -0.490 e. The first-order valence-electron chi connectivity index (χ1n) is 8.51. The van der Waals surface area contributed by atoms with Crippen LogP contribution in [-0.2, 0) is 9.59 Å². The summed E-state index contributed by atoms with van der Waals surface area (Å²) >= 11 is 0. The molecule has 0 bridgehead atoms. The lowest BCUT2D eigenvalue weighted by atomic mass is 10.0. The minimum atomic E-state index is -0.901. The summed E-state index contributed by atoms with van der Waals surface area (Å²) in [5.74, 6) is -0.155. The Kier molecular flexibility index (Phi) is 7.49. The molecule has 6 heteroatoms. The van der Waals surface area contributed by atoms with Gasteiger partial charge in [-0.3, -0.25) is 9.59 Å². The number of benzene rings is 2. The van der Waals surface area contributed by atoms with Crippen molar-refractivity contribution in [2.24, 2.45) is 0 Å². The van der Waals surface area contributed by atoms with Gasteiger partial charge in [0, 0.05) is 6.42 Å². The van der Waals surface area contributed by atoms with E-state index in [9.17, 15) is 9.59 Å². The van der Waals surface area contributed by atoms with Crippen molar-refractivity contribution in [3.05, 3.63) is 60.2 Å². The fourth-order valence-corrected chi connectivity index (χ4v) is 2.50. The molecule has 0 saturated carbocycles. The van der Waals surface area contributed by atoms with Crippen LogP contribution in [0.15, 0.2) is 54.6 Å². The van der Waals surface area contributed by atoms with Crippen molar-refractivity contribution in [3.8, 4) is 11.5 Å². The Bertz CT molecular complexity index is 717. The molecule has 138 valence electrons. The third-order valence-electron chi connectivity index (χ3n) is 3.69. The number of carbonyl (C=O) groups is 2. The summed E-state index contributed by atoms with van der Waals surface area (Å²) in [6.45, 7) is 2.19. The number of nitrogens with one attached hydrogen (secondary N) is 1. The first-order chi connectivity index (χ1) is 12.6. The predicted molar refractivity (Wildman–Crippen MR) is 97.3 cm³/mol. The van der Waals surface area contributed by atoms with Gasteiger partial charge < -0.3 is 19.9 Å². The van der Waals surface area contributed by atoms with Crippen LogP contribution in [0.25, 0.3) is 0 Å². The first kappa shape index (κ1) is 19.3. The molecule has 26 heavy (non-hydrogen) atoms. The van der Waals surface area contributed by atoms with E-state index < -0.39 is 5.97 Å². The summed E-state index contributed by atoms with van der Waals surface area (Å²) in [7, 11) is 0. The molecule has 1 unspecified atom stereocenters. The molecule has 2 N–H and O–H groups in total. The van der Waals surface area contributed by atoms with Gasteiger partial charge in [0.25, 0.3) is 5.91 Å². The molecule has 0 heterocycles. The first-order valence-corrected chi connectivity index (χ1v) is 8.51. The van der Waals surface area contributed by atoms with Gasteiger partial charge in [0.05, 0.1) is 12.6 Å². The number of aliphatic carboxylic acids is 1. The molecule has 2 aromatic rings. The molecule has 0 saturated heterocycles. The molecular weight excluding hydrogens is 334 g/mol. The van der Waals surface area contributed by atoms with E-state index in [4.69, 9.17) is 14.6 Å². The summed E-state index contributed by atoms with van der Waals surface area (Å²) in [5, 5.41) is 11.8. The van der Waals surface area contributed by atoms with Crippen LogP contribution in [-0.4, -0.2) is 30.2 Å². The highest BCUT2D eigenvalue weighted by atomic mass is 16.5. The molecule has 0 aromatic heterocycles. The maximum atomic E-state index is 12.3. The van der Waals surface area contributed by atoms with E-state index in [1.165, 1.54) is 0 Å². The number of carboxylic acids is 1. The Morgan fingerprint density at radius 2 is 1.62 bits per heavy atom. The Morgan fingerprint density at radius 3 is 2.23 bits per heavy atom. The van der Waals surface area contributed by atoms with E-state index in [1.807, 2.05) is 43.3 Å². The van der Waals surface area contributed by atoms with Gasteiger partial charge in [0.15, 0.2) is 18.1 Å². The van der Waals surface area contributed by atoms with Gasteiger partial charge in [0.2, 0.25) is 0 Å². The van der Waals surface area contributed by atoms with E-state index in [2.05, 4.69) is 5.32 Å². The molecule has 0 aliphatic carbocycles. The summed E-state index contributed by atoms with van der Waals surface area (Å²) in [6.07, 6.45) is 0.272. The van der Waals surface area contributed by atoms with E-state index in [0.717, 1.165) is 5.56 Å². The quantitative estimate of drug-likeness (QED) is 0.682. The number of hydrogen-bond acceptors (Lipinski definition) is 4. The topological polar surface area (TPSA) is 84.9 Å². The number of carbonyl (C=O) groups excluding carboxylic acids is 1. The van der Waals surface area contributed by atoms with Crippen molar-refractivity contribution in [2.75, 3.05) is 13.2 Å². The zero-order valence-electron chi connectivity index (χ0n) is 14.7. The van der Waals surface area contributed by atoms with E-state index in [1.54, 1.807) is 18.2 Å². The summed E-state index contributed by atoms with van der Waals surface area (Å²) in [5.41, 5.74) is 0.858. The SMILES string of the molecule is CCOc1ccccc1OCC(=O)NC(CCC(=O)O)c1ccccc1. The Morgan fingerprint density at radius 1 is 1.00 bits per heavy atom. The molecular formula is C20H23NO5. The Hall–Kier alpha value is -3.02. The van der Waals surface area contributed by atoms with E-state index >= 15 is 0 Å². The second kappa shape index (κ2) is 10.1. The standard InChI is InChI=1S/C20H23NO5/c1-2-25-17-10-6-7-11-18(17)26-14-19(22)21-16(12-13-20(23)24)15-8-4-3-5-9-15/h3-11,16H,2,12-14H2,1H3,(H,21,22)(H,23,24). The second-order valence-electron chi connectivity index (χ2n) is 5.63. The van der Waals surface area contributed by atoms with Crippen molar-refractivity contribution < 1.29 is 24.2 Å². The van der Waals surface area contributed by atoms with Gasteiger partial charge in [-0.05, 0) is 31.0 Å². The monoisotopic (exact) mass is 357 g/mol. The average molecular weight is 357 g/mol. The maximum Gasteiger partial charge on any atom is 0.303 e. The number of hydrogen-bond donors (Lipinski definition) is 2. The molecule has 1 atom stereocenters. The summed E-state index contributed by atoms with van der Waals surface area (Å²) in [4.78, 5) is 23.2. The van der Waals surface area contributed by atoms with Crippen LogP contribution in [0.1, 0.15) is 31.4 Å². The summed E-state index contributed by atoms with van der Waals surface area (Å²) in [6, 6.07) is 16.0. The maximum absolute atomic E-state index is 12.3. The molecule has 0 aliphatic rings. The molecule has 0 spiro atoms. The van der Waals surface area contributed by atoms with Gasteiger partial charge in [-0.25, -0.2) is 0 Å². The average Bonchev–Trinajstić information content (AvgIpc) is 2.65. The minimum absolute atomic E-state index is 0.0339. The largest absolute Gasteiger partial charge is 0.490 e. The molecule has 1 amide bonds. The molecule has 0 radical (unpaired) electrons. The molecule has 0 fully saturated rings. The van der Waals surface area contributed by atoms with Crippen molar-refractivity contribution in [1.29, 1.82) is 0 Å². The van der Waals surface area contributed by atoms with Crippen LogP contribution in [0.4, 0.5) is 0 Å². The lowest BCUT2D eigenvalue weighted by Gasteiger charge is -2.19. The van der Waals surface area contributed by atoms with Crippen LogP contribution in [0, 0.1) is 0 Å². The highest BCUT2D eigenvalue weighted by Gasteiger charge is 2.16. The zero-order chi connectivity index (χ0) is 18.8.